The largest absolute Gasteiger partial charge is 0.478 e. The normalized spacial score (nSPS) is 18.5. The number of hydrogen-bond acceptors (Lipinski definition) is 4. The molecule has 0 radical (unpaired) electrons. The molecule has 0 saturated carbocycles. The van der Waals surface area contributed by atoms with Gasteiger partial charge in [-0.25, -0.2) is 4.79 Å². The molecule has 1 aliphatic rings. The summed E-state index contributed by atoms with van der Waals surface area (Å²) in [4.78, 5) is 22.8. The lowest BCUT2D eigenvalue weighted by Crippen LogP contribution is -2.47. The van der Waals surface area contributed by atoms with Gasteiger partial charge in [0.25, 0.3) is 0 Å². The third-order valence-electron chi connectivity index (χ3n) is 5.29. The number of aromatic carboxylic acids is 1. The molecule has 3 aromatic carbocycles. The average molecular weight is 376 g/mol. The molecule has 0 amide bonds. The van der Waals surface area contributed by atoms with Crippen molar-refractivity contribution in [2.24, 2.45) is 5.92 Å². The van der Waals surface area contributed by atoms with E-state index in [1.807, 2.05) is 42.5 Å². The molecule has 2 N–H and O–H groups in total. The van der Waals surface area contributed by atoms with Crippen LogP contribution in [-0.2, 0) is 16.0 Å². The molecular weight excluding hydrogens is 356 g/mol. The van der Waals surface area contributed by atoms with E-state index in [0.29, 0.717) is 6.42 Å². The minimum atomic E-state index is -0.940. The van der Waals surface area contributed by atoms with E-state index in [1.54, 1.807) is 12.1 Å². The number of carbonyl (C=O) groups is 2. The lowest BCUT2D eigenvalue weighted by molar-refractivity contribution is -0.189. The second-order valence-electron chi connectivity index (χ2n) is 7.09. The van der Waals surface area contributed by atoms with Gasteiger partial charge >= 0.3 is 11.9 Å². The Balaban J connectivity index is 1.56. The average Bonchev–Trinajstić information content (AvgIpc) is 2.71. The lowest BCUT2D eigenvalue weighted by Gasteiger charge is -2.33. The third kappa shape index (κ3) is 3.49. The lowest BCUT2D eigenvalue weighted by atomic mass is 9.90. The van der Waals surface area contributed by atoms with Gasteiger partial charge in [-0.1, -0.05) is 42.5 Å². The Bertz CT molecular complexity index is 1060. The van der Waals surface area contributed by atoms with Gasteiger partial charge in [0, 0.05) is 0 Å². The summed E-state index contributed by atoms with van der Waals surface area (Å²) in [6.45, 7) is -0.133. The minimum absolute atomic E-state index is 0.133. The molecule has 28 heavy (non-hydrogen) atoms. The molecule has 0 aliphatic carbocycles. The summed E-state index contributed by atoms with van der Waals surface area (Å²) in [6, 6.07) is 19.2. The van der Waals surface area contributed by atoms with Crippen LogP contribution in [0, 0.1) is 5.92 Å². The summed E-state index contributed by atoms with van der Waals surface area (Å²) in [7, 11) is 0. The Hall–Kier alpha value is -3.18. The van der Waals surface area contributed by atoms with E-state index < -0.39 is 5.97 Å². The van der Waals surface area contributed by atoms with E-state index in [-0.39, 0.29) is 30.2 Å². The number of aliphatic hydroxyl groups is 1. The summed E-state index contributed by atoms with van der Waals surface area (Å²) in [5.41, 5.74) is 3.42. The minimum Gasteiger partial charge on any atom is -0.478 e. The Morgan fingerprint density at radius 1 is 0.964 bits per heavy atom. The molecule has 1 heterocycles. The Labute approximate surface area is 162 Å². The molecule has 3 aromatic rings. The van der Waals surface area contributed by atoms with Crippen molar-refractivity contribution in [3.05, 3.63) is 71.8 Å². The summed E-state index contributed by atoms with van der Waals surface area (Å²) < 4.78 is 4.92. The molecule has 1 aliphatic heterocycles. The Morgan fingerprint density at radius 2 is 1.75 bits per heavy atom. The van der Waals surface area contributed by atoms with E-state index in [2.05, 4.69) is 6.07 Å². The number of aryl methyl sites for hydroxylation is 1. The molecule has 0 aromatic heterocycles. The van der Waals surface area contributed by atoms with E-state index >= 15 is 0 Å². The SMILES string of the molecule is O=C(O)c1ccc2ccc(-c3cccc(CC[C@H]4C(=O)O[C@@H]4CO)c3)cc2c1. The fourth-order valence-electron chi connectivity index (χ4n) is 3.65. The summed E-state index contributed by atoms with van der Waals surface area (Å²) in [6.07, 6.45) is 0.994. The fraction of sp³-hybridized carbons (Fsp3) is 0.217. The maximum Gasteiger partial charge on any atom is 0.335 e. The van der Waals surface area contributed by atoms with E-state index in [0.717, 1.165) is 33.9 Å². The zero-order valence-corrected chi connectivity index (χ0v) is 15.2. The first-order valence-electron chi connectivity index (χ1n) is 9.23. The van der Waals surface area contributed by atoms with Crippen molar-refractivity contribution in [2.75, 3.05) is 6.61 Å². The van der Waals surface area contributed by atoms with Crippen LogP contribution in [0.3, 0.4) is 0 Å². The summed E-state index contributed by atoms with van der Waals surface area (Å²) in [5, 5.41) is 20.3. The predicted octanol–water partition coefficient (Wildman–Crippen LogP) is 3.67. The highest BCUT2D eigenvalue weighted by atomic mass is 16.6. The summed E-state index contributed by atoms with van der Waals surface area (Å²) in [5.74, 6) is -1.41. The van der Waals surface area contributed by atoms with Gasteiger partial charge in [0.15, 0.2) is 0 Å². The van der Waals surface area contributed by atoms with E-state index in [1.165, 1.54) is 0 Å². The first-order chi connectivity index (χ1) is 13.5. The molecule has 0 bridgehead atoms. The number of rotatable bonds is 6. The second kappa shape index (κ2) is 7.44. The predicted molar refractivity (Wildman–Crippen MR) is 105 cm³/mol. The van der Waals surface area contributed by atoms with Crippen LogP contribution in [0.15, 0.2) is 60.7 Å². The van der Waals surface area contributed by atoms with Gasteiger partial charge < -0.3 is 14.9 Å². The Morgan fingerprint density at radius 3 is 2.50 bits per heavy atom. The molecular formula is C23H20O5. The highest BCUT2D eigenvalue weighted by molar-refractivity contribution is 5.95. The van der Waals surface area contributed by atoms with Crippen molar-refractivity contribution in [2.45, 2.75) is 18.9 Å². The van der Waals surface area contributed by atoms with Crippen molar-refractivity contribution in [1.29, 1.82) is 0 Å². The molecule has 2 atom stereocenters. The van der Waals surface area contributed by atoms with Crippen LogP contribution < -0.4 is 0 Å². The van der Waals surface area contributed by atoms with Crippen LogP contribution in [0.2, 0.25) is 0 Å². The molecule has 0 unspecified atom stereocenters. The molecule has 4 rings (SSSR count). The third-order valence-corrected chi connectivity index (χ3v) is 5.29. The van der Waals surface area contributed by atoms with Gasteiger partial charge in [-0.05, 0) is 58.5 Å². The number of esters is 1. The van der Waals surface area contributed by atoms with Crippen molar-refractivity contribution in [3.8, 4) is 11.1 Å². The second-order valence-corrected chi connectivity index (χ2v) is 7.09. The Kier molecular flexibility index (Phi) is 4.84. The quantitative estimate of drug-likeness (QED) is 0.641. The molecule has 5 heteroatoms. The standard InChI is InChI=1S/C23H20O5/c24-13-21-20(23(27)28-21)9-4-14-2-1-3-16(10-14)17-7-5-15-6-8-18(22(25)26)12-19(15)11-17/h1-3,5-8,10-12,20-21,24H,4,9,13H2,(H,25,26)/t20-,21-/m1/s1. The smallest absolute Gasteiger partial charge is 0.335 e. The van der Waals surface area contributed by atoms with Crippen LogP contribution in [0.4, 0.5) is 0 Å². The number of ether oxygens (including phenoxy) is 1. The summed E-state index contributed by atoms with van der Waals surface area (Å²) >= 11 is 0. The molecule has 1 saturated heterocycles. The van der Waals surface area contributed by atoms with Gasteiger partial charge in [-0.2, -0.15) is 0 Å². The van der Waals surface area contributed by atoms with Crippen LogP contribution in [0.1, 0.15) is 22.3 Å². The number of carbonyl (C=O) groups excluding carboxylic acids is 1. The number of hydrogen-bond donors (Lipinski definition) is 2. The van der Waals surface area contributed by atoms with E-state index in [4.69, 9.17) is 4.74 Å². The van der Waals surface area contributed by atoms with Crippen molar-refractivity contribution >= 4 is 22.7 Å². The molecule has 142 valence electrons. The zero-order valence-electron chi connectivity index (χ0n) is 15.2. The van der Waals surface area contributed by atoms with Crippen LogP contribution >= 0.6 is 0 Å². The van der Waals surface area contributed by atoms with Gasteiger partial charge in [0.1, 0.15) is 6.10 Å². The first kappa shape index (κ1) is 18.2. The van der Waals surface area contributed by atoms with Crippen molar-refractivity contribution in [1.82, 2.24) is 0 Å². The van der Waals surface area contributed by atoms with Gasteiger partial charge in [-0.15, -0.1) is 0 Å². The number of fused-ring (bicyclic) bond motifs is 1. The van der Waals surface area contributed by atoms with Gasteiger partial charge in [-0.3, -0.25) is 4.79 Å². The number of benzene rings is 3. The first-order valence-corrected chi connectivity index (χ1v) is 9.23. The maximum absolute atomic E-state index is 11.5. The molecule has 5 nitrogen and oxygen atoms in total. The van der Waals surface area contributed by atoms with Crippen LogP contribution in [0.5, 0.6) is 0 Å². The molecule has 0 spiro atoms. The highest BCUT2D eigenvalue weighted by Gasteiger charge is 2.41. The number of cyclic esters (lactones) is 1. The van der Waals surface area contributed by atoms with Crippen LogP contribution in [0.25, 0.3) is 21.9 Å². The van der Waals surface area contributed by atoms with Crippen molar-refractivity contribution in [3.63, 3.8) is 0 Å². The van der Waals surface area contributed by atoms with Gasteiger partial charge in [0.2, 0.25) is 0 Å². The van der Waals surface area contributed by atoms with Gasteiger partial charge in [0.05, 0.1) is 18.1 Å². The monoisotopic (exact) mass is 376 g/mol. The molecule has 1 fully saturated rings. The highest BCUT2D eigenvalue weighted by Crippen LogP contribution is 2.29. The number of carboxylic acid groups (broad SMARTS) is 1. The van der Waals surface area contributed by atoms with Crippen LogP contribution in [-0.4, -0.2) is 34.9 Å². The maximum atomic E-state index is 11.5. The van der Waals surface area contributed by atoms with Crippen molar-refractivity contribution < 1.29 is 24.5 Å². The fourth-order valence-corrected chi connectivity index (χ4v) is 3.65. The number of carboxylic acids is 1. The zero-order chi connectivity index (χ0) is 19.7. The topological polar surface area (TPSA) is 83.8 Å². The van der Waals surface area contributed by atoms with E-state index in [9.17, 15) is 19.8 Å². The number of aliphatic hydroxyl groups excluding tert-OH is 1.